The van der Waals surface area contributed by atoms with Gasteiger partial charge in [0.25, 0.3) is 0 Å². The van der Waals surface area contributed by atoms with Gasteiger partial charge in [0.2, 0.25) is 0 Å². The second-order valence-electron chi connectivity index (χ2n) is 7.70. The van der Waals surface area contributed by atoms with Gasteiger partial charge in [-0.05, 0) is 12.8 Å². The lowest BCUT2D eigenvalue weighted by atomic mass is 9.86. The predicted molar refractivity (Wildman–Crippen MR) is 100 cm³/mol. The maximum absolute atomic E-state index is 14.2. The van der Waals surface area contributed by atoms with Crippen LogP contribution in [-0.4, -0.2) is 39.2 Å². The van der Waals surface area contributed by atoms with E-state index in [0.717, 1.165) is 19.3 Å². The fourth-order valence-electron chi connectivity index (χ4n) is 2.92. The molecule has 0 saturated carbocycles. The lowest BCUT2D eigenvalue weighted by Crippen LogP contribution is -2.70. The molecule has 0 aliphatic heterocycles. The van der Waals surface area contributed by atoms with Crippen LogP contribution in [0.2, 0.25) is 0 Å². The number of hydrogen-bond donors (Lipinski definition) is 0. The maximum atomic E-state index is 14.2. The fraction of sp³-hybridized carbons (Fsp3) is 1.00. The summed E-state index contributed by atoms with van der Waals surface area (Å²) in [7, 11) is 0. The van der Waals surface area contributed by atoms with Crippen LogP contribution >= 0.6 is 22.6 Å². The molecule has 0 aliphatic carbocycles. The summed E-state index contributed by atoms with van der Waals surface area (Å²) in [6, 6.07) is 0. The zero-order chi connectivity index (χ0) is 25.9. The maximum Gasteiger partial charge on any atom is 0.460 e. The van der Waals surface area contributed by atoms with Crippen molar-refractivity contribution in [1.29, 1.82) is 0 Å². The van der Waals surface area contributed by atoms with Crippen molar-refractivity contribution in [2.45, 2.75) is 111 Å². The summed E-state index contributed by atoms with van der Waals surface area (Å²) >= 11 is 1.28. The number of halogens is 14. The smallest absolute Gasteiger partial charge is 0.200 e. The molecule has 0 aliphatic rings. The summed E-state index contributed by atoms with van der Waals surface area (Å²) in [6.07, 6.45) is -6.05. The summed E-state index contributed by atoms with van der Waals surface area (Å²) in [6.45, 7) is 3.17. The lowest BCUT2D eigenvalue weighted by molar-refractivity contribution is -0.440. The van der Waals surface area contributed by atoms with Gasteiger partial charge < -0.3 is 0 Å². The Labute approximate surface area is 190 Å². The highest BCUT2D eigenvalue weighted by Crippen LogP contribution is 2.61. The highest BCUT2D eigenvalue weighted by Gasteiger charge is 2.90. The summed E-state index contributed by atoms with van der Waals surface area (Å²) in [5.74, 6) is -36.5. The minimum absolute atomic E-state index is 0.206. The minimum atomic E-state index is -7.84. The fourth-order valence-corrected chi connectivity index (χ4v) is 3.78. The molecule has 0 N–H and O–H groups in total. The molecule has 1 atom stereocenters. The van der Waals surface area contributed by atoms with Crippen LogP contribution in [0.5, 0.6) is 0 Å². The first-order valence-corrected chi connectivity index (χ1v) is 10.8. The standard InChI is InChI=1S/C18H24F13I/c1-3-5-6-7-8-9-10-12(32,4-2)11-13(19,20)14(21,22)15(23,24)16(25,26)17(27,28)18(29,30)31/h3-11H2,1-2H3. The van der Waals surface area contributed by atoms with Gasteiger partial charge in [-0.2, -0.15) is 57.1 Å². The van der Waals surface area contributed by atoms with Crippen molar-refractivity contribution in [3.63, 3.8) is 0 Å². The molecular weight excluding hydrogens is 590 g/mol. The molecule has 0 amide bonds. The van der Waals surface area contributed by atoms with E-state index in [1.165, 1.54) is 29.5 Å². The van der Waals surface area contributed by atoms with Crippen molar-refractivity contribution in [2.75, 3.05) is 0 Å². The third-order valence-electron chi connectivity index (χ3n) is 5.15. The summed E-state index contributed by atoms with van der Waals surface area (Å²) < 4.78 is 170. The van der Waals surface area contributed by atoms with Gasteiger partial charge in [-0.15, -0.1) is 0 Å². The second kappa shape index (κ2) is 10.6. The van der Waals surface area contributed by atoms with Crippen LogP contribution < -0.4 is 0 Å². The zero-order valence-corrected chi connectivity index (χ0v) is 19.3. The lowest BCUT2D eigenvalue weighted by Gasteiger charge is -2.41. The molecule has 194 valence electrons. The van der Waals surface area contributed by atoms with E-state index >= 15 is 0 Å². The molecule has 0 saturated heterocycles. The SMILES string of the molecule is CCCCCCCCC(I)(CC)CC(F)(F)C(F)(F)C(F)(F)C(F)(F)C(F)(F)C(F)(F)F. The molecule has 0 radical (unpaired) electrons. The van der Waals surface area contributed by atoms with E-state index in [2.05, 4.69) is 0 Å². The molecule has 0 rings (SSSR count). The highest BCUT2D eigenvalue weighted by molar-refractivity contribution is 14.1. The molecule has 0 aromatic carbocycles. The third kappa shape index (κ3) is 6.28. The van der Waals surface area contributed by atoms with Crippen molar-refractivity contribution >= 4 is 22.6 Å². The molecule has 0 nitrogen and oxygen atoms in total. The molecule has 14 heteroatoms. The number of hydrogen-bond acceptors (Lipinski definition) is 0. The molecular formula is C18H24F13I. The van der Waals surface area contributed by atoms with Crippen molar-refractivity contribution in [2.24, 2.45) is 0 Å². The molecule has 0 aromatic heterocycles. The van der Waals surface area contributed by atoms with E-state index in [0.29, 0.717) is 12.8 Å². The van der Waals surface area contributed by atoms with Crippen LogP contribution in [0.1, 0.15) is 71.6 Å². The van der Waals surface area contributed by atoms with Crippen molar-refractivity contribution in [1.82, 2.24) is 0 Å². The number of alkyl halides is 14. The minimum Gasteiger partial charge on any atom is -0.200 e. The van der Waals surface area contributed by atoms with Gasteiger partial charge >= 0.3 is 35.8 Å². The largest absolute Gasteiger partial charge is 0.460 e. The molecule has 1 unspecified atom stereocenters. The van der Waals surface area contributed by atoms with Crippen LogP contribution in [0, 0.1) is 0 Å². The predicted octanol–water partition coefficient (Wildman–Crippen LogP) is 9.45. The first-order chi connectivity index (χ1) is 14.1. The zero-order valence-electron chi connectivity index (χ0n) is 17.2. The Morgan fingerprint density at radius 1 is 0.531 bits per heavy atom. The van der Waals surface area contributed by atoms with Crippen molar-refractivity contribution in [3.05, 3.63) is 0 Å². The number of unbranched alkanes of at least 4 members (excludes halogenated alkanes) is 5. The van der Waals surface area contributed by atoms with Crippen LogP contribution in [0.25, 0.3) is 0 Å². The van der Waals surface area contributed by atoms with Gasteiger partial charge in [0.1, 0.15) is 0 Å². The molecule has 0 aromatic rings. The van der Waals surface area contributed by atoms with Crippen LogP contribution in [0.15, 0.2) is 0 Å². The van der Waals surface area contributed by atoms with Gasteiger partial charge in [0.15, 0.2) is 0 Å². The average molecular weight is 614 g/mol. The Bertz CT molecular complexity index is 586. The van der Waals surface area contributed by atoms with E-state index in [-0.39, 0.29) is 19.3 Å². The summed E-state index contributed by atoms with van der Waals surface area (Å²) in [4.78, 5) is 0. The average Bonchev–Trinajstić information content (AvgIpc) is 2.62. The van der Waals surface area contributed by atoms with E-state index in [9.17, 15) is 57.1 Å². The normalized spacial score (nSPS) is 16.9. The molecule has 0 spiro atoms. The third-order valence-corrected chi connectivity index (χ3v) is 6.83. The van der Waals surface area contributed by atoms with Crippen molar-refractivity contribution < 1.29 is 57.1 Å². The van der Waals surface area contributed by atoms with Gasteiger partial charge in [0, 0.05) is 9.84 Å². The van der Waals surface area contributed by atoms with Gasteiger partial charge in [-0.3, -0.25) is 0 Å². The topological polar surface area (TPSA) is 0 Å². The summed E-state index contributed by atoms with van der Waals surface area (Å²) in [5, 5.41) is 0. The van der Waals surface area contributed by atoms with E-state index in [1.54, 1.807) is 0 Å². The second-order valence-corrected chi connectivity index (χ2v) is 9.99. The van der Waals surface area contributed by atoms with E-state index in [1.807, 2.05) is 6.92 Å². The van der Waals surface area contributed by atoms with Crippen LogP contribution in [0.4, 0.5) is 57.1 Å². The van der Waals surface area contributed by atoms with Crippen LogP contribution in [-0.2, 0) is 0 Å². The van der Waals surface area contributed by atoms with Gasteiger partial charge in [-0.1, -0.05) is 75.0 Å². The Balaban J connectivity index is 5.77. The molecule has 0 fully saturated rings. The first kappa shape index (κ1) is 31.8. The van der Waals surface area contributed by atoms with Crippen molar-refractivity contribution in [3.8, 4) is 0 Å². The Morgan fingerprint density at radius 3 is 1.34 bits per heavy atom. The quantitative estimate of drug-likeness (QED) is 0.0792. The molecule has 0 heterocycles. The van der Waals surface area contributed by atoms with E-state index < -0.39 is 45.6 Å². The Kier molecular flexibility index (Phi) is 10.6. The first-order valence-electron chi connectivity index (χ1n) is 9.72. The Hall–Kier alpha value is -0.180. The van der Waals surface area contributed by atoms with E-state index in [4.69, 9.17) is 0 Å². The van der Waals surface area contributed by atoms with Gasteiger partial charge in [-0.25, -0.2) is 0 Å². The Morgan fingerprint density at radius 2 is 0.938 bits per heavy atom. The monoisotopic (exact) mass is 614 g/mol. The molecule has 32 heavy (non-hydrogen) atoms. The highest BCUT2D eigenvalue weighted by atomic mass is 127. The summed E-state index contributed by atoms with van der Waals surface area (Å²) in [5.41, 5.74) is 0. The molecule has 0 bridgehead atoms. The van der Waals surface area contributed by atoms with Gasteiger partial charge in [0.05, 0.1) is 0 Å². The number of rotatable bonds is 14. The van der Waals surface area contributed by atoms with Crippen LogP contribution in [0.3, 0.4) is 0 Å².